The minimum atomic E-state index is 0.323. The molecule has 0 fully saturated rings. The van der Waals surface area contributed by atoms with Crippen LogP contribution in [0.25, 0.3) is 0 Å². The molecule has 0 aliphatic carbocycles. The summed E-state index contributed by atoms with van der Waals surface area (Å²) in [6.45, 7) is 4.95. The van der Waals surface area contributed by atoms with E-state index >= 15 is 0 Å². The molecule has 1 unspecified atom stereocenters. The molecule has 0 saturated heterocycles. The molecule has 0 aromatic heterocycles. The number of nitrogens with two attached hydrogens (primary N) is 1. The Bertz CT molecular complexity index is 304. The van der Waals surface area contributed by atoms with E-state index in [1.54, 1.807) is 0 Å². The van der Waals surface area contributed by atoms with E-state index in [1.165, 1.54) is 5.56 Å². The molecule has 90 valence electrons. The van der Waals surface area contributed by atoms with E-state index < -0.39 is 0 Å². The number of ether oxygens (including phenoxy) is 1. The number of thioether (sulfide) groups is 1. The van der Waals surface area contributed by atoms with Gasteiger partial charge in [0.25, 0.3) is 0 Å². The summed E-state index contributed by atoms with van der Waals surface area (Å²) < 4.78 is 5.64. The van der Waals surface area contributed by atoms with Gasteiger partial charge in [0.2, 0.25) is 0 Å². The Morgan fingerprint density at radius 1 is 1.44 bits per heavy atom. The molecule has 2 N–H and O–H groups in total. The van der Waals surface area contributed by atoms with E-state index in [-0.39, 0.29) is 0 Å². The molecule has 1 aromatic rings. The fourth-order valence-electron chi connectivity index (χ4n) is 1.28. The predicted molar refractivity (Wildman–Crippen MR) is 72.3 cm³/mol. The number of hydrogen-bond acceptors (Lipinski definition) is 3. The zero-order valence-corrected chi connectivity index (χ0v) is 10.9. The summed E-state index contributed by atoms with van der Waals surface area (Å²) in [5.41, 5.74) is 7.06. The third-order valence-electron chi connectivity index (χ3n) is 2.34. The Labute approximate surface area is 103 Å². The molecule has 0 saturated carbocycles. The van der Waals surface area contributed by atoms with Gasteiger partial charge in [0.05, 0.1) is 6.61 Å². The summed E-state index contributed by atoms with van der Waals surface area (Å²) in [5.74, 6) is 2.98. The van der Waals surface area contributed by atoms with Crippen LogP contribution < -0.4 is 10.5 Å². The van der Waals surface area contributed by atoms with Crippen LogP contribution in [0.4, 0.5) is 0 Å². The van der Waals surface area contributed by atoms with Crippen LogP contribution in [-0.4, -0.2) is 24.2 Å². The molecule has 0 aliphatic rings. The van der Waals surface area contributed by atoms with Gasteiger partial charge in [-0.1, -0.05) is 19.1 Å². The van der Waals surface area contributed by atoms with Crippen molar-refractivity contribution in [3.05, 3.63) is 29.8 Å². The lowest BCUT2D eigenvalue weighted by atomic mass is 10.2. The topological polar surface area (TPSA) is 35.2 Å². The van der Waals surface area contributed by atoms with Crippen LogP contribution in [0.2, 0.25) is 0 Å². The van der Waals surface area contributed by atoms with Crippen molar-refractivity contribution in [2.45, 2.75) is 26.3 Å². The molecule has 1 atom stereocenters. The van der Waals surface area contributed by atoms with Crippen molar-refractivity contribution in [1.29, 1.82) is 0 Å². The Morgan fingerprint density at radius 2 is 2.25 bits per heavy atom. The first kappa shape index (κ1) is 13.4. The normalized spacial score (nSPS) is 12.4. The summed E-state index contributed by atoms with van der Waals surface area (Å²) in [5, 5.41) is 0. The first-order chi connectivity index (χ1) is 7.72. The molecule has 0 amide bonds. The van der Waals surface area contributed by atoms with Gasteiger partial charge in [0, 0.05) is 17.5 Å². The maximum atomic E-state index is 5.82. The van der Waals surface area contributed by atoms with E-state index in [0.29, 0.717) is 6.04 Å². The van der Waals surface area contributed by atoms with E-state index in [0.717, 1.165) is 30.3 Å². The van der Waals surface area contributed by atoms with Gasteiger partial charge >= 0.3 is 0 Å². The molecule has 3 heteroatoms. The van der Waals surface area contributed by atoms with E-state index in [1.807, 2.05) is 23.9 Å². The number of rotatable bonds is 7. The second-order valence-corrected chi connectivity index (χ2v) is 5.06. The summed E-state index contributed by atoms with van der Waals surface area (Å²) in [7, 11) is 0. The molecule has 16 heavy (non-hydrogen) atoms. The fourth-order valence-corrected chi connectivity index (χ4v) is 2.18. The Kier molecular flexibility index (Phi) is 6.34. The van der Waals surface area contributed by atoms with Crippen LogP contribution >= 0.6 is 11.8 Å². The largest absolute Gasteiger partial charge is 0.493 e. The molecule has 1 aromatic carbocycles. The second kappa shape index (κ2) is 7.58. The lowest BCUT2D eigenvalue weighted by molar-refractivity contribution is 0.343. The fraction of sp³-hybridized carbons (Fsp3) is 0.538. The van der Waals surface area contributed by atoms with Gasteiger partial charge in [-0.3, -0.25) is 0 Å². The van der Waals surface area contributed by atoms with Crippen LogP contribution in [0.5, 0.6) is 5.75 Å². The Morgan fingerprint density at radius 3 is 2.94 bits per heavy atom. The zero-order chi connectivity index (χ0) is 11.8. The molecule has 0 aliphatic heterocycles. The molecule has 0 spiro atoms. The van der Waals surface area contributed by atoms with Crippen LogP contribution in [-0.2, 0) is 0 Å². The highest BCUT2D eigenvalue weighted by atomic mass is 32.2. The zero-order valence-electron chi connectivity index (χ0n) is 10.1. The number of benzene rings is 1. The van der Waals surface area contributed by atoms with E-state index in [4.69, 9.17) is 10.5 Å². The van der Waals surface area contributed by atoms with Gasteiger partial charge in [-0.05, 0) is 31.0 Å². The standard InChI is InChI=1S/C13H21NOS/c1-3-12(14)10-16-8-7-15-13-6-4-5-11(2)9-13/h4-6,9,12H,3,7-8,10,14H2,1-2H3. The minimum absolute atomic E-state index is 0.323. The highest BCUT2D eigenvalue weighted by Crippen LogP contribution is 2.13. The van der Waals surface area contributed by atoms with Crippen molar-refractivity contribution in [2.24, 2.45) is 5.73 Å². The minimum Gasteiger partial charge on any atom is -0.493 e. The molecular formula is C13H21NOS. The molecular weight excluding hydrogens is 218 g/mol. The molecule has 0 bridgehead atoms. The Balaban J connectivity index is 2.12. The lowest BCUT2D eigenvalue weighted by Crippen LogP contribution is -2.21. The van der Waals surface area contributed by atoms with Gasteiger partial charge in [0.1, 0.15) is 5.75 Å². The van der Waals surface area contributed by atoms with Gasteiger partial charge in [-0.2, -0.15) is 11.8 Å². The first-order valence-corrected chi connectivity index (χ1v) is 6.90. The summed E-state index contributed by atoms with van der Waals surface area (Å²) >= 11 is 1.86. The van der Waals surface area contributed by atoms with Crippen LogP contribution in [0.3, 0.4) is 0 Å². The molecule has 0 radical (unpaired) electrons. The lowest BCUT2D eigenvalue weighted by Gasteiger charge is -2.09. The van der Waals surface area contributed by atoms with Crippen LogP contribution in [0.1, 0.15) is 18.9 Å². The summed E-state index contributed by atoms with van der Waals surface area (Å²) in [6, 6.07) is 8.47. The van der Waals surface area contributed by atoms with Crippen molar-refractivity contribution in [1.82, 2.24) is 0 Å². The first-order valence-electron chi connectivity index (χ1n) is 5.75. The van der Waals surface area contributed by atoms with E-state index in [2.05, 4.69) is 26.0 Å². The second-order valence-electron chi connectivity index (χ2n) is 3.91. The summed E-state index contributed by atoms with van der Waals surface area (Å²) in [6.07, 6.45) is 1.05. The maximum Gasteiger partial charge on any atom is 0.119 e. The quantitative estimate of drug-likeness (QED) is 0.743. The van der Waals surface area contributed by atoms with Crippen LogP contribution in [0.15, 0.2) is 24.3 Å². The van der Waals surface area contributed by atoms with Crippen molar-refractivity contribution >= 4 is 11.8 Å². The van der Waals surface area contributed by atoms with E-state index in [9.17, 15) is 0 Å². The maximum absolute atomic E-state index is 5.82. The van der Waals surface area contributed by atoms with Crippen molar-refractivity contribution < 1.29 is 4.74 Å². The Hall–Kier alpha value is -0.670. The van der Waals surface area contributed by atoms with Gasteiger partial charge in [0.15, 0.2) is 0 Å². The van der Waals surface area contributed by atoms with Gasteiger partial charge in [-0.25, -0.2) is 0 Å². The highest BCUT2D eigenvalue weighted by molar-refractivity contribution is 7.99. The van der Waals surface area contributed by atoms with Crippen molar-refractivity contribution in [3.8, 4) is 5.75 Å². The number of aryl methyl sites for hydroxylation is 1. The smallest absolute Gasteiger partial charge is 0.119 e. The average molecular weight is 239 g/mol. The predicted octanol–water partition coefficient (Wildman–Crippen LogP) is 2.84. The molecule has 2 nitrogen and oxygen atoms in total. The van der Waals surface area contributed by atoms with Gasteiger partial charge in [-0.15, -0.1) is 0 Å². The summed E-state index contributed by atoms with van der Waals surface area (Å²) in [4.78, 5) is 0. The monoisotopic (exact) mass is 239 g/mol. The SMILES string of the molecule is CCC(N)CSCCOc1cccc(C)c1. The highest BCUT2D eigenvalue weighted by Gasteiger charge is 1.99. The van der Waals surface area contributed by atoms with Crippen molar-refractivity contribution in [2.75, 3.05) is 18.1 Å². The third-order valence-corrected chi connectivity index (χ3v) is 3.46. The average Bonchev–Trinajstić information content (AvgIpc) is 2.28. The molecule has 0 heterocycles. The van der Waals surface area contributed by atoms with Crippen LogP contribution in [0, 0.1) is 6.92 Å². The van der Waals surface area contributed by atoms with Crippen molar-refractivity contribution in [3.63, 3.8) is 0 Å². The molecule has 1 rings (SSSR count). The third kappa shape index (κ3) is 5.42. The number of hydrogen-bond donors (Lipinski definition) is 1. The van der Waals surface area contributed by atoms with Gasteiger partial charge < -0.3 is 10.5 Å².